The van der Waals surface area contributed by atoms with E-state index in [2.05, 4.69) is 0 Å². The first-order valence-electron chi connectivity index (χ1n) is 11.8. The zero-order valence-corrected chi connectivity index (χ0v) is 21.6. The van der Waals surface area contributed by atoms with Gasteiger partial charge in [-0.05, 0) is 33.6 Å². The molecule has 13 heteroatoms. The molecule has 0 saturated carbocycles. The lowest BCUT2D eigenvalue weighted by atomic mass is 9.88. The molecule has 0 aliphatic rings. The third-order valence-corrected chi connectivity index (χ3v) is 5.37. The van der Waals surface area contributed by atoms with Crippen LogP contribution in [0.1, 0.15) is 52.9 Å². The summed E-state index contributed by atoms with van der Waals surface area (Å²) in [5.41, 5.74) is 4.72. The number of hydrogen-bond donors (Lipinski definition) is 4. The van der Waals surface area contributed by atoms with Gasteiger partial charge >= 0.3 is 11.9 Å². The second-order valence-corrected chi connectivity index (χ2v) is 8.88. The summed E-state index contributed by atoms with van der Waals surface area (Å²) in [5.74, 6) is -2.19. The largest absolute Gasteiger partial charge is 0.463 e. The lowest BCUT2D eigenvalue weighted by Gasteiger charge is -2.27. The van der Waals surface area contributed by atoms with Crippen molar-refractivity contribution in [3.05, 3.63) is 0 Å². The number of rotatable bonds is 19. The summed E-state index contributed by atoms with van der Waals surface area (Å²) in [6.07, 6.45) is -0.724. The van der Waals surface area contributed by atoms with Crippen molar-refractivity contribution in [3.8, 4) is 0 Å². The lowest BCUT2D eigenvalue weighted by Crippen LogP contribution is -2.39. The fourth-order valence-corrected chi connectivity index (χ4v) is 2.63. The van der Waals surface area contributed by atoms with Gasteiger partial charge in [-0.3, -0.25) is 9.59 Å². The Morgan fingerprint density at radius 3 is 2.06 bits per heavy atom. The standard InChI is InChI=1S/C23H42N2O11/c1-16(29)5-7-20(30)25(4)36-22(32)19(24)6-8-21(31)35-12-18(3)34-11-17(2)33-10-9-23(13-26,14-27)15-28/h17-19,26-28H,5-15,24H2,1-4H3. The van der Waals surface area contributed by atoms with Crippen molar-refractivity contribution in [1.29, 1.82) is 0 Å². The first-order chi connectivity index (χ1) is 16.9. The van der Waals surface area contributed by atoms with Gasteiger partial charge in [0.2, 0.25) is 0 Å². The van der Waals surface area contributed by atoms with E-state index in [1.165, 1.54) is 14.0 Å². The molecule has 0 bridgehead atoms. The van der Waals surface area contributed by atoms with Crippen LogP contribution in [0.2, 0.25) is 0 Å². The van der Waals surface area contributed by atoms with Crippen LogP contribution in [0.3, 0.4) is 0 Å². The molecule has 3 atom stereocenters. The van der Waals surface area contributed by atoms with Gasteiger partial charge in [0.15, 0.2) is 0 Å². The molecule has 5 N–H and O–H groups in total. The summed E-state index contributed by atoms with van der Waals surface area (Å²) >= 11 is 0. The molecular weight excluding hydrogens is 480 g/mol. The normalized spacial score (nSPS) is 14.0. The van der Waals surface area contributed by atoms with Crippen LogP contribution in [0, 0.1) is 5.41 Å². The van der Waals surface area contributed by atoms with E-state index in [1.807, 2.05) is 0 Å². The predicted octanol–water partition coefficient (Wildman–Crippen LogP) is -0.913. The minimum Gasteiger partial charge on any atom is -0.463 e. The minimum atomic E-state index is -1.14. The van der Waals surface area contributed by atoms with Crippen LogP contribution < -0.4 is 5.73 Å². The summed E-state index contributed by atoms with van der Waals surface area (Å²) < 4.78 is 16.3. The molecule has 1 amide bonds. The van der Waals surface area contributed by atoms with Gasteiger partial charge in [-0.15, -0.1) is 0 Å². The number of carbonyl (C=O) groups is 4. The van der Waals surface area contributed by atoms with Gasteiger partial charge < -0.3 is 44.9 Å². The molecule has 0 aromatic carbocycles. The zero-order chi connectivity index (χ0) is 27.7. The van der Waals surface area contributed by atoms with Crippen molar-refractivity contribution in [1.82, 2.24) is 5.06 Å². The van der Waals surface area contributed by atoms with Crippen LogP contribution in [-0.2, 0) is 38.2 Å². The van der Waals surface area contributed by atoms with Crippen molar-refractivity contribution in [2.24, 2.45) is 11.1 Å². The topological polar surface area (TPSA) is 195 Å². The number of amides is 1. The molecule has 13 nitrogen and oxygen atoms in total. The van der Waals surface area contributed by atoms with Crippen molar-refractivity contribution < 1.29 is 53.5 Å². The summed E-state index contributed by atoms with van der Waals surface area (Å²) in [5, 5.41) is 28.6. The average Bonchev–Trinajstić information content (AvgIpc) is 2.85. The maximum atomic E-state index is 12.0. The Bertz CT molecular complexity index is 677. The molecule has 36 heavy (non-hydrogen) atoms. The van der Waals surface area contributed by atoms with E-state index in [1.54, 1.807) is 13.8 Å². The van der Waals surface area contributed by atoms with E-state index >= 15 is 0 Å². The predicted molar refractivity (Wildman–Crippen MR) is 126 cm³/mol. The number of hydroxylamine groups is 2. The first-order valence-corrected chi connectivity index (χ1v) is 11.8. The smallest absolute Gasteiger partial charge is 0.349 e. The lowest BCUT2D eigenvalue weighted by molar-refractivity contribution is -0.194. The maximum absolute atomic E-state index is 12.0. The maximum Gasteiger partial charge on any atom is 0.349 e. The summed E-state index contributed by atoms with van der Waals surface area (Å²) in [4.78, 5) is 51.5. The summed E-state index contributed by atoms with van der Waals surface area (Å²) in [6, 6.07) is -1.14. The number of esters is 1. The third-order valence-electron chi connectivity index (χ3n) is 5.37. The number of ether oxygens (including phenoxy) is 3. The van der Waals surface area contributed by atoms with Crippen LogP contribution in [0.25, 0.3) is 0 Å². The Labute approximate surface area is 211 Å². The molecule has 0 aliphatic carbocycles. The SMILES string of the molecule is CC(=O)CCC(=O)N(C)OC(=O)C(N)CCC(=O)OCC(C)OCC(C)OCCC(CO)(CO)CO. The van der Waals surface area contributed by atoms with Crippen LogP contribution in [-0.4, -0.2) is 109 Å². The Morgan fingerprint density at radius 1 is 0.917 bits per heavy atom. The Balaban J connectivity index is 4.14. The molecule has 0 heterocycles. The number of carbonyl (C=O) groups excluding carboxylic acids is 4. The highest BCUT2D eigenvalue weighted by Gasteiger charge is 2.28. The number of nitrogens with zero attached hydrogens (tertiary/aromatic N) is 1. The van der Waals surface area contributed by atoms with Gasteiger partial charge in [0.1, 0.15) is 18.4 Å². The van der Waals surface area contributed by atoms with E-state index in [-0.39, 0.29) is 83.6 Å². The highest BCUT2D eigenvalue weighted by Crippen LogP contribution is 2.20. The Kier molecular flexibility index (Phi) is 17.1. The molecule has 0 rings (SSSR count). The minimum absolute atomic E-state index is 0.0265. The second kappa shape index (κ2) is 18.1. The van der Waals surface area contributed by atoms with Crippen LogP contribution >= 0.6 is 0 Å². The molecule has 0 saturated heterocycles. The van der Waals surface area contributed by atoms with Crippen LogP contribution in [0.4, 0.5) is 0 Å². The molecule has 3 unspecified atom stereocenters. The number of Topliss-reactive ketones (excluding diaryl/α,β-unsaturated/α-hetero) is 1. The molecule has 0 fully saturated rings. The van der Waals surface area contributed by atoms with E-state index in [0.717, 1.165) is 5.06 Å². The van der Waals surface area contributed by atoms with Crippen molar-refractivity contribution in [2.45, 2.75) is 71.1 Å². The van der Waals surface area contributed by atoms with Gasteiger partial charge in [-0.2, -0.15) is 5.06 Å². The van der Waals surface area contributed by atoms with Crippen LogP contribution in [0.5, 0.6) is 0 Å². The fraction of sp³-hybridized carbons (Fsp3) is 0.826. The first kappa shape index (κ1) is 33.8. The van der Waals surface area contributed by atoms with Gasteiger partial charge in [-0.1, -0.05) is 0 Å². The average molecular weight is 523 g/mol. The highest BCUT2D eigenvalue weighted by molar-refractivity contribution is 5.84. The number of hydrogen-bond acceptors (Lipinski definition) is 12. The van der Waals surface area contributed by atoms with Crippen molar-refractivity contribution in [2.75, 3.05) is 46.7 Å². The number of nitrogens with two attached hydrogens (primary N) is 1. The Morgan fingerprint density at radius 2 is 1.50 bits per heavy atom. The molecular formula is C23H42N2O11. The van der Waals surface area contributed by atoms with Crippen molar-refractivity contribution in [3.63, 3.8) is 0 Å². The van der Waals surface area contributed by atoms with E-state index in [0.29, 0.717) is 0 Å². The quantitative estimate of drug-likeness (QED) is 0.121. The number of aliphatic hydroxyl groups is 3. The van der Waals surface area contributed by atoms with Gasteiger partial charge in [-0.25, -0.2) is 4.79 Å². The third kappa shape index (κ3) is 14.4. The van der Waals surface area contributed by atoms with E-state index in [4.69, 9.17) is 24.8 Å². The highest BCUT2D eigenvalue weighted by atomic mass is 16.7. The number of aliphatic hydroxyl groups excluding tert-OH is 3. The molecule has 0 spiro atoms. The van der Waals surface area contributed by atoms with Crippen LogP contribution in [0.15, 0.2) is 0 Å². The summed E-state index contributed by atoms with van der Waals surface area (Å²) in [7, 11) is 1.24. The zero-order valence-electron chi connectivity index (χ0n) is 21.6. The molecule has 0 aromatic heterocycles. The van der Waals surface area contributed by atoms with Gasteiger partial charge in [0, 0.05) is 38.3 Å². The van der Waals surface area contributed by atoms with Crippen molar-refractivity contribution >= 4 is 23.6 Å². The van der Waals surface area contributed by atoms with Gasteiger partial charge in [0.25, 0.3) is 5.91 Å². The monoisotopic (exact) mass is 522 g/mol. The van der Waals surface area contributed by atoms with E-state index < -0.39 is 35.4 Å². The van der Waals surface area contributed by atoms with Gasteiger partial charge in [0.05, 0.1) is 38.6 Å². The van der Waals surface area contributed by atoms with E-state index in [9.17, 15) is 34.5 Å². The molecule has 0 radical (unpaired) electrons. The summed E-state index contributed by atoms with van der Waals surface area (Å²) in [6.45, 7) is 4.13. The Hall–Kier alpha value is -2.16. The fourth-order valence-electron chi connectivity index (χ4n) is 2.63. The molecule has 0 aromatic rings. The second-order valence-electron chi connectivity index (χ2n) is 8.88. The number of ketones is 1. The molecule has 0 aliphatic heterocycles. The molecule has 210 valence electrons.